The van der Waals surface area contributed by atoms with Crippen molar-refractivity contribution < 1.29 is 23.3 Å². The largest absolute Gasteiger partial charge is 0.469 e. The monoisotopic (exact) mass is 305 g/mol. The quantitative estimate of drug-likeness (QED) is 0.617. The summed E-state index contributed by atoms with van der Waals surface area (Å²) >= 11 is 0. The number of amides is 1. The molecule has 1 amide bonds. The van der Waals surface area contributed by atoms with Gasteiger partial charge in [0.25, 0.3) is 0 Å². The Kier molecular flexibility index (Phi) is 6.61. The fourth-order valence-corrected chi connectivity index (χ4v) is 3.63. The van der Waals surface area contributed by atoms with Gasteiger partial charge < -0.3 is 14.8 Å². The van der Waals surface area contributed by atoms with Crippen LogP contribution in [-0.4, -0.2) is 54.5 Å². The Hall–Kier alpha value is -0.950. The molecule has 1 aliphatic carbocycles. The number of nitrogens with one attached hydrogen (secondary N) is 1. The summed E-state index contributed by atoms with van der Waals surface area (Å²) in [7, 11) is 1.65. The molecule has 0 radical (unpaired) electrons. The number of rotatable bonds is 9. The highest BCUT2D eigenvalue weighted by Gasteiger charge is 2.46. The average Bonchev–Trinajstić information content (AvgIpc) is 3.07. The molecule has 0 saturated heterocycles. The van der Waals surface area contributed by atoms with Gasteiger partial charge in [-0.3, -0.25) is 13.8 Å². The lowest BCUT2D eigenvalue weighted by Crippen LogP contribution is -2.38. The Bertz CT molecular complexity index is 381. The van der Waals surface area contributed by atoms with Crippen LogP contribution >= 0.6 is 0 Å². The molecule has 0 bridgehead atoms. The minimum atomic E-state index is -1.26. The van der Waals surface area contributed by atoms with E-state index in [0.29, 0.717) is 12.4 Å². The molecule has 1 saturated carbocycles. The van der Waals surface area contributed by atoms with Crippen LogP contribution < -0.4 is 5.32 Å². The van der Waals surface area contributed by atoms with Gasteiger partial charge in [-0.2, -0.15) is 0 Å². The fourth-order valence-electron chi connectivity index (χ4n) is 2.07. The predicted octanol–water partition coefficient (Wildman–Crippen LogP) is 0.230. The van der Waals surface area contributed by atoms with Crippen molar-refractivity contribution in [3.05, 3.63) is 0 Å². The van der Waals surface area contributed by atoms with E-state index in [1.165, 1.54) is 7.11 Å². The summed E-state index contributed by atoms with van der Waals surface area (Å²) in [5, 5.41) is 2.72. The summed E-state index contributed by atoms with van der Waals surface area (Å²) < 4.78 is 21.5. The van der Waals surface area contributed by atoms with E-state index >= 15 is 0 Å². The summed E-state index contributed by atoms with van der Waals surface area (Å²) in [5.74, 6) is -0.176. The van der Waals surface area contributed by atoms with E-state index < -0.39 is 10.8 Å². The number of carbonyl (C=O) groups is 2. The SMILES string of the molecule is COCC(C)NC(=O)CS(=O)CC1(CC(=O)OC)CC1. The van der Waals surface area contributed by atoms with Gasteiger partial charge in [0.15, 0.2) is 0 Å². The Labute approximate surface area is 122 Å². The third-order valence-corrected chi connectivity index (χ3v) is 4.81. The van der Waals surface area contributed by atoms with Gasteiger partial charge in [-0.1, -0.05) is 0 Å². The lowest BCUT2D eigenvalue weighted by atomic mass is 10.1. The van der Waals surface area contributed by atoms with Gasteiger partial charge in [0, 0.05) is 29.7 Å². The van der Waals surface area contributed by atoms with Crippen LogP contribution in [0.5, 0.6) is 0 Å². The Morgan fingerprint density at radius 3 is 2.50 bits per heavy atom. The van der Waals surface area contributed by atoms with Crippen molar-refractivity contribution in [3.63, 3.8) is 0 Å². The van der Waals surface area contributed by atoms with Crippen LogP contribution in [0.3, 0.4) is 0 Å². The van der Waals surface area contributed by atoms with Crippen LogP contribution in [0.4, 0.5) is 0 Å². The third kappa shape index (κ3) is 6.00. The first-order valence-electron chi connectivity index (χ1n) is 6.61. The molecule has 1 N–H and O–H groups in total. The molecule has 116 valence electrons. The van der Waals surface area contributed by atoms with Gasteiger partial charge in [-0.25, -0.2) is 0 Å². The maximum atomic E-state index is 12.0. The molecule has 0 heterocycles. The second kappa shape index (κ2) is 7.73. The number of methoxy groups -OCH3 is 2. The maximum Gasteiger partial charge on any atom is 0.306 e. The molecule has 0 aromatic rings. The number of hydrogen-bond donors (Lipinski definition) is 1. The van der Waals surface area contributed by atoms with Crippen LogP contribution in [0.1, 0.15) is 26.2 Å². The van der Waals surface area contributed by atoms with E-state index in [0.717, 1.165) is 12.8 Å². The highest BCUT2D eigenvalue weighted by molar-refractivity contribution is 7.85. The number of esters is 1. The molecule has 6 nitrogen and oxygen atoms in total. The summed E-state index contributed by atoms with van der Waals surface area (Å²) in [6.07, 6.45) is 2.03. The van der Waals surface area contributed by atoms with Gasteiger partial charge in [0.1, 0.15) is 5.75 Å². The molecular formula is C13H23NO5S. The van der Waals surface area contributed by atoms with Gasteiger partial charge in [0.2, 0.25) is 5.91 Å². The molecule has 1 rings (SSSR count). The zero-order valence-corrected chi connectivity index (χ0v) is 13.1. The molecule has 2 atom stereocenters. The Morgan fingerprint density at radius 2 is 2.00 bits per heavy atom. The van der Waals surface area contributed by atoms with E-state index in [9.17, 15) is 13.8 Å². The molecule has 0 aromatic carbocycles. The highest BCUT2D eigenvalue weighted by Crippen LogP contribution is 2.49. The summed E-state index contributed by atoms with van der Waals surface area (Å²) in [6.45, 7) is 2.24. The van der Waals surface area contributed by atoms with Crippen LogP contribution in [0.15, 0.2) is 0 Å². The molecular weight excluding hydrogens is 282 g/mol. The summed E-state index contributed by atoms with van der Waals surface area (Å²) in [4.78, 5) is 22.9. The highest BCUT2D eigenvalue weighted by atomic mass is 32.2. The lowest BCUT2D eigenvalue weighted by molar-refractivity contribution is -0.141. The molecule has 1 aliphatic rings. The molecule has 0 spiro atoms. The molecule has 1 fully saturated rings. The van der Waals surface area contributed by atoms with Gasteiger partial charge in [-0.05, 0) is 25.2 Å². The lowest BCUT2D eigenvalue weighted by Gasteiger charge is -2.15. The van der Waals surface area contributed by atoms with E-state index in [4.69, 9.17) is 4.74 Å². The van der Waals surface area contributed by atoms with E-state index in [-0.39, 0.29) is 35.5 Å². The summed E-state index contributed by atoms with van der Waals surface area (Å²) in [5.41, 5.74) is -0.212. The van der Waals surface area contributed by atoms with Gasteiger partial charge in [0.05, 0.1) is 20.1 Å². The third-order valence-electron chi connectivity index (χ3n) is 3.29. The van der Waals surface area contributed by atoms with Crippen LogP contribution in [0, 0.1) is 5.41 Å². The van der Waals surface area contributed by atoms with Crippen molar-refractivity contribution in [1.29, 1.82) is 0 Å². The topological polar surface area (TPSA) is 81.7 Å². The van der Waals surface area contributed by atoms with Gasteiger partial charge >= 0.3 is 5.97 Å². The van der Waals surface area contributed by atoms with Crippen molar-refractivity contribution in [2.24, 2.45) is 5.41 Å². The van der Waals surface area contributed by atoms with E-state index in [2.05, 4.69) is 10.1 Å². The Balaban J connectivity index is 2.33. The number of carbonyl (C=O) groups excluding carboxylic acids is 2. The number of hydrogen-bond acceptors (Lipinski definition) is 5. The van der Waals surface area contributed by atoms with Crippen LogP contribution in [-0.2, 0) is 29.9 Å². The first-order chi connectivity index (χ1) is 9.40. The smallest absolute Gasteiger partial charge is 0.306 e. The Morgan fingerprint density at radius 1 is 1.35 bits per heavy atom. The fraction of sp³-hybridized carbons (Fsp3) is 0.846. The second-order valence-electron chi connectivity index (χ2n) is 5.41. The maximum absolute atomic E-state index is 12.0. The zero-order valence-electron chi connectivity index (χ0n) is 12.3. The molecule has 0 aromatic heterocycles. The first kappa shape index (κ1) is 17.1. The minimum absolute atomic E-state index is 0.0308. The predicted molar refractivity (Wildman–Crippen MR) is 75.7 cm³/mol. The number of ether oxygens (including phenoxy) is 2. The van der Waals surface area contributed by atoms with Crippen molar-refractivity contribution >= 4 is 22.7 Å². The van der Waals surface area contributed by atoms with E-state index in [1.54, 1.807) is 7.11 Å². The van der Waals surface area contributed by atoms with Crippen molar-refractivity contribution in [3.8, 4) is 0 Å². The molecule has 0 aliphatic heterocycles. The van der Waals surface area contributed by atoms with Crippen molar-refractivity contribution in [2.45, 2.75) is 32.2 Å². The standard InChI is InChI=1S/C13H23NO5S/c1-10(7-18-2)14-11(15)8-20(17)9-13(4-5-13)6-12(16)19-3/h10H,4-9H2,1-3H3,(H,14,15). The molecule has 20 heavy (non-hydrogen) atoms. The first-order valence-corrected chi connectivity index (χ1v) is 8.10. The van der Waals surface area contributed by atoms with Crippen LogP contribution in [0.2, 0.25) is 0 Å². The van der Waals surface area contributed by atoms with Gasteiger partial charge in [-0.15, -0.1) is 0 Å². The van der Waals surface area contributed by atoms with E-state index in [1.807, 2.05) is 6.92 Å². The van der Waals surface area contributed by atoms with Crippen molar-refractivity contribution in [2.75, 3.05) is 32.3 Å². The normalized spacial score (nSPS) is 18.9. The van der Waals surface area contributed by atoms with Crippen LogP contribution in [0.25, 0.3) is 0 Å². The minimum Gasteiger partial charge on any atom is -0.469 e. The van der Waals surface area contributed by atoms with Crippen molar-refractivity contribution in [1.82, 2.24) is 5.32 Å². The average molecular weight is 305 g/mol. The zero-order chi connectivity index (χ0) is 15.2. The molecule has 7 heteroatoms. The molecule has 2 unspecified atom stereocenters. The summed E-state index contributed by atoms with van der Waals surface area (Å²) in [6, 6.07) is -0.102. The second-order valence-corrected chi connectivity index (χ2v) is 6.86.